The molecule has 2 nitrogen and oxygen atoms in total. The molecule has 0 aromatic carbocycles. The van der Waals surface area contributed by atoms with Crippen LogP contribution in [0.2, 0.25) is 0 Å². The van der Waals surface area contributed by atoms with Crippen molar-refractivity contribution in [3.05, 3.63) is 0 Å². The molecular weight excluding hydrogens is 232 g/mol. The summed E-state index contributed by atoms with van der Waals surface area (Å²) in [6.45, 7) is 4.87. The van der Waals surface area contributed by atoms with Crippen LogP contribution in [0.15, 0.2) is 0 Å². The zero-order valence-electron chi connectivity index (χ0n) is 13.1. The molecule has 1 aliphatic carbocycles. The highest BCUT2D eigenvalue weighted by Gasteiger charge is 2.39. The highest BCUT2D eigenvalue weighted by Crippen LogP contribution is 2.37. The van der Waals surface area contributed by atoms with Gasteiger partial charge in [-0.25, -0.2) is 0 Å². The van der Waals surface area contributed by atoms with Crippen LogP contribution in [-0.4, -0.2) is 36.1 Å². The second kappa shape index (κ2) is 5.73. The van der Waals surface area contributed by atoms with Crippen molar-refractivity contribution < 1.29 is 0 Å². The lowest BCUT2D eigenvalue weighted by atomic mass is 9.76. The summed E-state index contributed by atoms with van der Waals surface area (Å²) in [5.74, 6) is 1.79. The molecule has 4 unspecified atom stereocenters. The molecule has 1 N–H and O–H groups in total. The highest BCUT2D eigenvalue weighted by atomic mass is 15.2. The number of piperidine rings is 1. The molecule has 3 aliphatic rings. The Hall–Kier alpha value is -0.0800. The van der Waals surface area contributed by atoms with Crippen molar-refractivity contribution in [2.24, 2.45) is 11.8 Å². The average Bonchev–Trinajstić information content (AvgIpc) is 2.76. The third-order valence-corrected chi connectivity index (χ3v) is 6.19. The Kier molecular flexibility index (Phi) is 4.19. The Morgan fingerprint density at radius 2 is 1.58 bits per heavy atom. The predicted octanol–water partition coefficient (Wildman–Crippen LogP) is 3.42. The minimum Gasteiger partial charge on any atom is -0.311 e. The van der Waals surface area contributed by atoms with Gasteiger partial charge in [0.1, 0.15) is 0 Å². The van der Waals surface area contributed by atoms with Crippen LogP contribution in [0.3, 0.4) is 0 Å². The summed E-state index contributed by atoms with van der Waals surface area (Å²) < 4.78 is 0. The van der Waals surface area contributed by atoms with E-state index in [-0.39, 0.29) is 0 Å². The Morgan fingerprint density at radius 1 is 0.947 bits per heavy atom. The molecule has 0 radical (unpaired) electrons. The van der Waals surface area contributed by atoms with Gasteiger partial charge in [0.05, 0.1) is 0 Å². The SMILES string of the molecule is CC(C)C1CCCCC1N(C)C1CC2CCC(C1)N2. The fourth-order valence-electron chi connectivity index (χ4n) is 5.05. The molecule has 3 rings (SSSR count). The van der Waals surface area contributed by atoms with E-state index in [0.29, 0.717) is 0 Å². The summed E-state index contributed by atoms with van der Waals surface area (Å²) in [6, 6.07) is 3.36. The molecule has 0 amide bonds. The Balaban J connectivity index is 1.66. The zero-order chi connectivity index (χ0) is 13.4. The standard InChI is InChI=1S/C17H32N2/c1-12(2)16-6-4-5-7-17(16)19(3)15-10-13-8-9-14(11-15)18-13/h12-18H,4-11H2,1-3H3. The lowest BCUT2D eigenvalue weighted by Crippen LogP contribution is -2.53. The largest absolute Gasteiger partial charge is 0.311 e. The normalized spacial score (nSPS) is 43.1. The maximum atomic E-state index is 3.79. The topological polar surface area (TPSA) is 15.3 Å². The van der Waals surface area contributed by atoms with Crippen molar-refractivity contribution in [1.82, 2.24) is 10.2 Å². The van der Waals surface area contributed by atoms with Crippen LogP contribution in [0.25, 0.3) is 0 Å². The monoisotopic (exact) mass is 264 g/mol. The maximum Gasteiger partial charge on any atom is 0.0126 e. The van der Waals surface area contributed by atoms with Crippen molar-refractivity contribution in [1.29, 1.82) is 0 Å². The summed E-state index contributed by atoms with van der Waals surface area (Å²) in [5.41, 5.74) is 0. The van der Waals surface area contributed by atoms with Gasteiger partial charge in [-0.05, 0) is 57.4 Å². The van der Waals surface area contributed by atoms with E-state index >= 15 is 0 Å². The molecule has 0 aromatic rings. The predicted molar refractivity (Wildman–Crippen MR) is 81.3 cm³/mol. The van der Waals surface area contributed by atoms with Gasteiger partial charge >= 0.3 is 0 Å². The van der Waals surface area contributed by atoms with Crippen molar-refractivity contribution in [2.75, 3.05) is 7.05 Å². The summed E-state index contributed by atoms with van der Waals surface area (Å²) in [7, 11) is 2.43. The van der Waals surface area contributed by atoms with E-state index in [0.717, 1.165) is 36.0 Å². The lowest BCUT2D eigenvalue weighted by molar-refractivity contribution is 0.0470. The third-order valence-electron chi connectivity index (χ3n) is 6.19. The second-order valence-electron chi connectivity index (χ2n) is 7.69. The Labute approximate surface area is 119 Å². The van der Waals surface area contributed by atoms with Gasteiger partial charge in [0.25, 0.3) is 0 Å². The molecule has 2 heterocycles. The Bertz CT molecular complexity index is 290. The smallest absolute Gasteiger partial charge is 0.0126 e. The summed E-state index contributed by atoms with van der Waals surface area (Å²) in [6.07, 6.45) is 11.5. The van der Waals surface area contributed by atoms with Crippen LogP contribution in [-0.2, 0) is 0 Å². The zero-order valence-corrected chi connectivity index (χ0v) is 13.1. The van der Waals surface area contributed by atoms with Crippen LogP contribution >= 0.6 is 0 Å². The average molecular weight is 264 g/mol. The number of rotatable bonds is 3. The van der Waals surface area contributed by atoms with Gasteiger partial charge in [-0.3, -0.25) is 0 Å². The first-order chi connectivity index (χ1) is 9.15. The molecule has 2 saturated heterocycles. The molecule has 110 valence electrons. The van der Waals surface area contributed by atoms with Gasteiger partial charge in [0, 0.05) is 24.2 Å². The van der Waals surface area contributed by atoms with E-state index < -0.39 is 0 Å². The summed E-state index contributed by atoms with van der Waals surface area (Å²) in [4.78, 5) is 2.80. The number of fused-ring (bicyclic) bond motifs is 2. The highest BCUT2D eigenvalue weighted by molar-refractivity contribution is 4.97. The number of hydrogen-bond donors (Lipinski definition) is 1. The fourth-order valence-corrected chi connectivity index (χ4v) is 5.05. The van der Waals surface area contributed by atoms with E-state index in [9.17, 15) is 0 Å². The second-order valence-corrected chi connectivity index (χ2v) is 7.69. The number of nitrogens with one attached hydrogen (secondary N) is 1. The van der Waals surface area contributed by atoms with Gasteiger partial charge in [0.15, 0.2) is 0 Å². The van der Waals surface area contributed by atoms with Crippen molar-refractivity contribution in [3.63, 3.8) is 0 Å². The van der Waals surface area contributed by atoms with Gasteiger partial charge in [-0.15, -0.1) is 0 Å². The molecule has 19 heavy (non-hydrogen) atoms. The van der Waals surface area contributed by atoms with E-state index in [1.807, 2.05) is 0 Å². The molecular formula is C17H32N2. The van der Waals surface area contributed by atoms with E-state index in [1.54, 1.807) is 0 Å². The molecule has 0 aromatic heterocycles. The van der Waals surface area contributed by atoms with E-state index in [2.05, 4.69) is 31.1 Å². The molecule has 0 spiro atoms. The van der Waals surface area contributed by atoms with Crippen LogP contribution in [0, 0.1) is 11.8 Å². The van der Waals surface area contributed by atoms with Crippen LogP contribution < -0.4 is 5.32 Å². The van der Waals surface area contributed by atoms with Crippen LogP contribution in [0.1, 0.15) is 65.2 Å². The maximum absolute atomic E-state index is 3.79. The van der Waals surface area contributed by atoms with E-state index in [4.69, 9.17) is 0 Å². The van der Waals surface area contributed by atoms with Crippen molar-refractivity contribution in [3.8, 4) is 0 Å². The minimum atomic E-state index is 0.826. The van der Waals surface area contributed by atoms with Crippen LogP contribution in [0.4, 0.5) is 0 Å². The van der Waals surface area contributed by atoms with Crippen LogP contribution in [0.5, 0.6) is 0 Å². The number of hydrogen-bond acceptors (Lipinski definition) is 2. The molecule has 2 heteroatoms. The van der Waals surface area contributed by atoms with Gasteiger partial charge in [-0.2, -0.15) is 0 Å². The molecule has 3 fully saturated rings. The van der Waals surface area contributed by atoms with Gasteiger partial charge < -0.3 is 10.2 Å². The van der Waals surface area contributed by atoms with Crippen molar-refractivity contribution >= 4 is 0 Å². The fraction of sp³-hybridized carbons (Fsp3) is 1.00. The lowest BCUT2D eigenvalue weighted by Gasteiger charge is -2.46. The summed E-state index contributed by atoms with van der Waals surface area (Å²) in [5, 5.41) is 3.79. The quantitative estimate of drug-likeness (QED) is 0.840. The first-order valence-corrected chi connectivity index (χ1v) is 8.63. The molecule has 1 saturated carbocycles. The molecule has 2 aliphatic heterocycles. The first-order valence-electron chi connectivity index (χ1n) is 8.63. The van der Waals surface area contributed by atoms with Crippen molar-refractivity contribution in [2.45, 2.75) is 89.4 Å². The van der Waals surface area contributed by atoms with Gasteiger partial charge in [-0.1, -0.05) is 26.7 Å². The molecule has 2 bridgehead atoms. The molecule has 4 atom stereocenters. The minimum absolute atomic E-state index is 0.826. The first kappa shape index (κ1) is 13.9. The Morgan fingerprint density at radius 3 is 2.21 bits per heavy atom. The van der Waals surface area contributed by atoms with E-state index in [1.165, 1.54) is 51.4 Å². The number of nitrogens with zero attached hydrogens (tertiary/aromatic N) is 1. The summed E-state index contributed by atoms with van der Waals surface area (Å²) >= 11 is 0. The third kappa shape index (κ3) is 2.85. The van der Waals surface area contributed by atoms with Gasteiger partial charge in [0.2, 0.25) is 0 Å².